The number of hydrogen-bond acceptors (Lipinski definition) is 6. The highest BCUT2D eigenvalue weighted by molar-refractivity contribution is 7.91. The lowest BCUT2D eigenvalue weighted by molar-refractivity contribution is 0.177. The summed E-state index contributed by atoms with van der Waals surface area (Å²) in [5, 5.41) is 6.08. The third kappa shape index (κ3) is 3.00. The van der Waals surface area contributed by atoms with Crippen molar-refractivity contribution >= 4 is 21.4 Å². The van der Waals surface area contributed by atoms with Crippen molar-refractivity contribution in [2.75, 3.05) is 7.11 Å². The van der Waals surface area contributed by atoms with Crippen LogP contribution in [0.3, 0.4) is 0 Å². The maximum Gasteiger partial charge on any atom is 0.250 e. The Balaban J connectivity index is 1.85. The van der Waals surface area contributed by atoms with Crippen molar-refractivity contribution in [3.63, 3.8) is 0 Å². The van der Waals surface area contributed by atoms with Crippen LogP contribution in [0, 0.1) is 0 Å². The van der Waals surface area contributed by atoms with Gasteiger partial charge in [-0.05, 0) is 24.3 Å². The number of nitrogens with zero attached hydrogens (tertiary/aromatic N) is 3. The molecule has 9 heteroatoms. The number of fused-ring (bicyclic) bond motifs is 1. The Morgan fingerprint density at radius 1 is 1.57 bits per heavy atom. The average molecular weight is 328 g/mol. The molecule has 7 nitrogen and oxygen atoms in total. The van der Waals surface area contributed by atoms with Crippen molar-refractivity contribution in [2.45, 2.75) is 36.2 Å². The maximum atomic E-state index is 12.3. The number of methoxy groups -OCH3 is 1. The van der Waals surface area contributed by atoms with Crippen LogP contribution in [-0.2, 0) is 27.9 Å². The van der Waals surface area contributed by atoms with E-state index in [9.17, 15) is 8.42 Å². The number of aromatic nitrogens is 3. The Bertz CT molecular complexity index is 709. The zero-order chi connectivity index (χ0) is 14.9. The van der Waals surface area contributed by atoms with Crippen molar-refractivity contribution < 1.29 is 13.2 Å². The van der Waals surface area contributed by atoms with Crippen LogP contribution >= 0.6 is 11.3 Å². The highest BCUT2D eigenvalue weighted by Gasteiger charge is 2.29. The normalized spacial score (nSPS) is 18.6. The summed E-state index contributed by atoms with van der Waals surface area (Å²) >= 11 is 1.20. The van der Waals surface area contributed by atoms with Crippen LogP contribution in [-0.4, -0.2) is 30.3 Å². The van der Waals surface area contributed by atoms with Gasteiger partial charge in [0.05, 0.1) is 6.04 Å². The minimum atomic E-state index is -3.51. The molecule has 1 aliphatic rings. The van der Waals surface area contributed by atoms with Gasteiger partial charge < -0.3 is 4.74 Å². The van der Waals surface area contributed by atoms with Gasteiger partial charge in [-0.3, -0.25) is 0 Å². The molecule has 21 heavy (non-hydrogen) atoms. The van der Waals surface area contributed by atoms with Gasteiger partial charge in [0.25, 0.3) is 10.0 Å². The molecule has 3 heterocycles. The van der Waals surface area contributed by atoms with Gasteiger partial charge in [0, 0.05) is 13.7 Å². The van der Waals surface area contributed by atoms with E-state index in [-0.39, 0.29) is 6.04 Å². The van der Waals surface area contributed by atoms with Gasteiger partial charge in [-0.25, -0.2) is 18.1 Å². The van der Waals surface area contributed by atoms with E-state index in [1.165, 1.54) is 11.3 Å². The quantitative estimate of drug-likeness (QED) is 0.894. The van der Waals surface area contributed by atoms with E-state index in [1.807, 2.05) is 0 Å². The molecule has 114 valence electrons. The summed E-state index contributed by atoms with van der Waals surface area (Å²) in [6, 6.07) is 2.97. The van der Waals surface area contributed by atoms with Gasteiger partial charge in [-0.15, -0.1) is 11.3 Å². The van der Waals surface area contributed by atoms with E-state index in [4.69, 9.17) is 4.74 Å². The number of thiophene rings is 1. The van der Waals surface area contributed by atoms with Crippen LogP contribution in [0.5, 0.6) is 0 Å². The summed E-state index contributed by atoms with van der Waals surface area (Å²) < 4.78 is 34.5. The molecule has 0 amide bonds. The van der Waals surface area contributed by atoms with E-state index in [2.05, 4.69) is 14.8 Å². The molecule has 1 N–H and O–H groups in total. The van der Waals surface area contributed by atoms with Crippen molar-refractivity contribution in [1.82, 2.24) is 19.5 Å². The Hall–Kier alpha value is -1.29. The first-order valence-electron chi connectivity index (χ1n) is 6.58. The lowest BCUT2D eigenvalue weighted by Crippen LogP contribution is -2.33. The third-order valence-electron chi connectivity index (χ3n) is 3.25. The van der Waals surface area contributed by atoms with Crippen molar-refractivity contribution in [3.8, 4) is 0 Å². The number of ether oxygens (including phenoxy) is 1. The second kappa shape index (κ2) is 5.84. The first-order valence-corrected chi connectivity index (χ1v) is 8.95. The van der Waals surface area contributed by atoms with Crippen LogP contribution in [0.1, 0.15) is 30.5 Å². The van der Waals surface area contributed by atoms with E-state index >= 15 is 0 Å². The molecule has 2 aromatic heterocycles. The Kier molecular flexibility index (Phi) is 4.07. The van der Waals surface area contributed by atoms with E-state index in [1.54, 1.807) is 29.3 Å². The number of sulfonamides is 1. The standard InChI is InChI=1S/C12H16N4O3S2/c1-19-8-10-13-12-9(4-2-6-16(12)14-10)15-21(17,18)11-5-3-7-20-11/h3,5,7,9,15H,2,4,6,8H2,1H3/t9-/m0/s1. The van der Waals surface area contributed by atoms with Gasteiger partial charge >= 0.3 is 0 Å². The molecule has 0 saturated carbocycles. The fourth-order valence-corrected chi connectivity index (χ4v) is 4.60. The topological polar surface area (TPSA) is 86.1 Å². The van der Waals surface area contributed by atoms with Gasteiger partial charge in [-0.2, -0.15) is 9.82 Å². The molecule has 0 radical (unpaired) electrons. The smallest absolute Gasteiger partial charge is 0.250 e. The molecule has 0 spiro atoms. The Morgan fingerprint density at radius 2 is 2.43 bits per heavy atom. The fourth-order valence-electron chi connectivity index (χ4n) is 2.36. The Labute approximate surface area is 127 Å². The van der Waals surface area contributed by atoms with E-state index in [0.717, 1.165) is 19.4 Å². The van der Waals surface area contributed by atoms with E-state index in [0.29, 0.717) is 22.5 Å². The molecular formula is C12H16N4O3S2. The third-order valence-corrected chi connectivity index (χ3v) is 6.12. The summed E-state index contributed by atoms with van der Waals surface area (Å²) in [6.07, 6.45) is 1.58. The molecule has 3 rings (SSSR count). The molecule has 0 aromatic carbocycles. The maximum absolute atomic E-state index is 12.3. The number of hydrogen-bond donors (Lipinski definition) is 1. The summed E-state index contributed by atoms with van der Waals surface area (Å²) in [5.41, 5.74) is 0. The van der Waals surface area contributed by atoms with Crippen LogP contribution in [0.2, 0.25) is 0 Å². The zero-order valence-corrected chi connectivity index (χ0v) is 13.2. The molecule has 0 unspecified atom stereocenters. The molecule has 0 saturated heterocycles. The average Bonchev–Trinajstić information content (AvgIpc) is 3.07. The number of aryl methyl sites for hydroxylation is 1. The highest BCUT2D eigenvalue weighted by Crippen LogP contribution is 2.26. The largest absolute Gasteiger partial charge is 0.377 e. The summed E-state index contributed by atoms with van der Waals surface area (Å²) in [6.45, 7) is 1.08. The Morgan fingerprint density at radius 3 is 3.14 bits per heavy atom. The first-order chi connectivity index (χ1) is 10.1. The van der Waals surface area contributed by atoms with Crippen molar-refractivity contribution in [1.29, 1.82) is 0 Å². The lowest BCUT2D eigenvalue weighted by Gasteiger charge is -2.22. The fraction of sp³-hybridized carbons (Fsp3) is 0.500. The van der Waals surface area contributed by atoms with Crippen LogP contribution in [0.25, 0.3) is 0 Å². The minimum Gasteiger partial charge on any atom is -0.377 e. The lowest BCUT2D eigenvalue weighted by atomic mass is 10.1. The zero-order valence-electron chi connectivity index (χ0n) is 11.5. The van der Waals surface area contributed by atoms with Crippen molar-refractivity contribution in [2.24, 2.45) is 0 Å². The van der Waals surface area contributed by atoms with Crippen LogP contribution in [0.4, 0.5) is 0 Å². The van der Waals surface area contributed by atoms with Gasteiger partial charge in [-0.1, -0.05) is 6.07 Å². The highest BCUT2D eigenvalue weighted by atomic mass is 32.2. The first kappa shape index (κ1) is 14.6. The minimum absolute atomic E-state index is 0.316. The van der Waals surface area contributed by atoms with Gasteiger partial charge in [0.15, 0.2) is 5.82 Å². The molecule has 1 aliphatic heterocycles. The van der Waals surface area contributed by atoms with Gasteiger partial charge in [0.2, 0.25) is 0 Å². The van der Waals surface area contributed by atoms with Gasteiger partial charge in [0.1, 0.15) is 16.6 Å². The van der Waals surface area contributed by atoms with Crippen molar-refractivity contribution in [3.05, 3.63) is 29.2 Å². The molecule has 2 aromatic rings. The SMILES string of the molecule is COCc1nc2n(n1)CCC[C@@H]2NS(=O)(=O)c1cccs1. The predicted molar refractivity (Wildman–Crippen MR) is 77.4 cm³/mol. The number of nitrogens with one attached hydrogen (secondary N) is 1. The van der Waals surface area contributed by atoms with E-state index < -0.39 is 10.0 Å². The number of rotatable bonds is 5. The monoisotopic (exact) mass is 328 g/mol. The summed E-state index contributed by atoms with van der Waals surface area (Å²) in [7, 11) is -1.93. The second-order valence-corrected chi connectivity index (χ2v) is 7.68. The van der Waals surface area contributed by atoms with Crippen LogP contribution in [0.15, 0.2) is 21.7 Å². The molecular weight excluding hydrogens is 312 g/mol. The summed E-state index contributed by atoms with van der Waals surface area (Å²) in [4.78, 5) is 4.39. The molecule has 0 bridgehead atoms. The van der Waals surface area contributed by atoms with Crippen LogP contribution < -0.4 is 4.72 Å². The summed E-state index contributed by atoms with van der Waals surface area (Å²) in [5.74, 6) is 1.24. The molecule has 0 fully saturated rings. The predicted octanol–water partition coefficient (Wildman–Crippen LogP) is 1.30. The molecule has 0 aliphatic carbocycles. The second-order valence-electron chi connectivity index (χ2n) is 4.79. The molecule has 1 atom stereocenters.